The minimum Gasteiger partial charge on any atom is -0.496 e. The molecular weight excluding hydrogens is 342 g/mol. The number of aliphatic hydroxyl groups is 1. The van der Waals surface area contributed by atoms with Crippen molar-refractivity contribution in [3.8, 4) is 5.75 Å². The fraction of sp³-hybridized carbons (Fsp3) is 0.524. The van der Waals surface area contributed by atoms with E-state index in [1.165, 1.54) is 16.3 Å². The summed E-state index contributed by atoms with van der Waals surface area (Å²) in [6, 6.07) is 12.0. The van der Waals surface area contributed by atoms with Crippen LogP contribution in [-0.2, 0) is 13.1 Å². The molecule has 1 aromatic carbocycles. The summed E-state index contributed by atoms with van der Waals surface area (Å²) in [5, 5.41) is 15.6. The van der Waals surface area contributed by atoms with Crippen LogP contribution < -0.4 is 10.3 Å². The molecular formula is C21H27N3O3. The number of piperidine rings is 1. The number of benzene rings is 1. The van der Waals surface area contributed by atoms with Gasteiger partial charge >= 0.3 is 0 Å². The molecule has 0 radical (unpaired) electrons. The standard InChI is InChI=1S/C21H27N3O3/c1-15-7-10-20(25)24(22-15)14-21(26)11-17-8-9-18(12-21)23(17)13-16-5-3-4-6-19(16)27-2/h3-7,10,17-18,26H,8-9,11-14H2,1-2H3/t17-,18+,21?. The lowest BCUT2D eigenvalue weighted by Gasteiger charge is -2.44. The third-order valence-corrected chi connectivity index (χ3v) is 5.99. The van der Waals surface area contributed by atoms with Gasteiger partial charge in [-0.15, -0.1) is 0 Å². The van der Waals surface area contributed by atoms with E-state index in [0.717, 1.165) is 30.8 Å². The Balaban J connectivity index is 1.51. The minimum atomic E-state index is -0.881. The van der Waals surface area contributed by atoms with Crippen LogP contribution >= 0.6 is 0 Å². The SMILES string of the molecule is COc1ccccc1CN1[C@@H]2CC[C@H]1CC(O)(Cn1nc(C)ccc1=O)C2. The van der Waals surface area contributed by atoms with Crippen molar-refractivity contribution in [2.45, 2.75) is 63.4 Å². The second-order valence-electron chi connectivity index (χ2n) is 7.97. The van der Waals surface area contributed by atoms with Gasteiger partial charge in [0, 0.05) is 30.3 Å². The lowest BCUT2D eigenvalue weighted by atomic mass is 9.85. The number of nitrogens with zero attached hydrogens (tertiary/aromatic N) is 3. The lowest BCUT2D eigenvalue weighted by molar-refractivity contribution is -0.0678. The molecule has 2 saturated heterocycles. The van der Waals surface area contributed by atoms with Gasteiger partial charge in [-0.3, -0.25) is 9.69 Å². The van der Waals surface area contributed by atoms with E-state index in [4.69, 9.17) is 4.74 Å². The van der Waals surface area contributed by atoms with Crippen LogP contribution in [0.15, 0.2) is 41.2 Å². The van der Waals surface area contributed by atoms with Crippen LogP contribution in [0.1, 0.15) is 36.9 Å². The first-order valence-electron chi connectivity index (χ1n) is 9.62. The molecule has 1 unspecified atom stereocenters. The largest absolute Gasteiger partial charge is 0.496 e. The Labute approximate surface area is 159 Å². The maximum atomic E-state index is 12.1. The molecule has 4 rings (SSSR count). The highest BCUT2D eigenvalue weighted by Gasteiger charge is 2.47. The van der Waals surface area contributed by atoms with E-state index < -0.39 is 5.60 Å². The molecule has 6 heteroatoms. The number of fused-ring (bicyclic) bond motifs is 2. The second kappa shape index (κ2) is 7.09. The Kier molecular flexibility index (Phi) is 4.78. The van der Waals surface area contributed by atoms with Crippen LogP contribution in [0.4, 0.5) is 0 Å². The van der Waals surface area contributed by atoms with Gasteiger partial charge in [0.2, 0.25) is 0 Å². The summed E-state index contributed by atoms with van der Waals surface area (Å²) >= 11 is 0. The molecule has 1 N–H and O–H groups in total. The highest BCUT2D eigenvalue weighted by atomic mass is 16.5. The van der Waals surface area contributed by atoms with Crippen LogP contribution in [0.5, 0.6) is 5.75 Å². The van der Waals surface area contributed by atoms with E-state index in [-0.39, 0.29) is 12.1 Å². The summed E-state index contributed by atoms with van der Waals surface area (Å²) in [6.07, 6.45) is 3.50. The zero-order valence-corrected chi connectivity index (χ0v) is 16.0. The van der Waals surface area contributed by atoms with Crippen molar-refractivity contribution < 1.29 is 9.84 Å². The summed E-state index contributed by atoms with van der Waals surface area (Å²) in [6.45, 7) is 2.96. The lowest BCUT2D eigenvalue weighted by Crippen LogP contribution is -2.53. The molecule has 2 bridgehead atoms. The quantitative estimate of drug-likeness (QED) is 0.874. The fourth-order valence-corrected chi connectivity index (χ4v) is 4.77. The van der Waals surface area contributed by atoms with Crippen molar-refractivity contribution in [1.29, 1.82) is 0 Å². The van der Waals surface area contributed by atoms with Crippen molar-refractivity contribution in [2.75, 3.05) is 7.11 Å². The molecule has 0 amide bonds. The van der Waals surface area contributed by atoms with Crippen LogP contribution in [0.3, 0.4) is 0 Å². The first-order chi connectivity index (χ1) is 13.0. The number of aromatic nitrogens is 2. The molecule has 6 nitrogen and oxygen atoms in total. The molecule has 1 aromatic heterocycles. The van der Waals surface area contributed by atoms with Crippen LogP contribution in [0, 0.1) is 6.92 Å². The van der Waals surface area contributed by atoms with Gasteiger partial charge in [-0.05, 0) is 44.7 Å². The van der Waals surface area contributed by atoms with Gasteiger partial charge in [0.15, 0.2) is 0 Å². The van der Waals surface area contributed by atoms with Crippen molar-refractivity contribution in [1.82, 2.24) is 14.7 Å². The number of methoxy groups -OCH3 is 1. The maximum absolute atomic E-state index is 12.1. The predicted octanol–water partition coefficient (Wildman–Crippen LogP) is 2.12. The Morgan fingerprint density at radius 2 is 1.89 bits per heavy atom. The number of hydrogen-bond donors (Lipinski definition) is 1. The number of para-hydroxylation sites is 1. The maximum Gasteiger partial charge on any atom is 0.266 e. The van der Waals surface area contributed by atoms with Gasteiger partial charge < -0.3 is 9.84 Å². The van der Waals surface area contributed by atoms with E-state index in [1.807, 2.05) is 25.1 Å². The fourth-order valence-electron chi connectivity index (χ4n) is 4.77. The summed E-state index contributed by atoms with van der Waals surface area (Å²) < 4.78 is 6.92. The molecule has 0 saturated carbocycles. The third-order valence-electron chi connectivity index (χ3n) is 5.99. The molecule has 3 atom stereocenters. The second-order valence-corrected chi connectivity index (χ2v) is 7.97. The molecule has 0 aliphatic carbocycles. The number of aryl methyl sites for hydroxylation is 1. The minimum absolute atomic E-state index is 0.155. The molecule has 3 heterocycles. The van der Waals surface area contributed by atoms with Crippen molar-refractivity contribution in [3.63, 3.8) is 0 Å². The third kappa shape index (κ3) is 3.64. The van der Waals surface area contributed by atoms with Gasteiger partial charge in [0.25, 0.3) is 5.56 Å². The predicted molar refractivity (Wildman–Crippen MR) is 103 cm³/mol. The van der Waals surface area contributed by atoms with Crippen LogP contribution in [0.25, 0.3) is 0 Å². The Morgan fingerprint density at radius 1 is 1.19 bits per heavy atom. The average Bonchev–Trinajstić information content (AvgIpc) is 2.89. The molecule has 2 fully saturated rings. The normalized spacial score (nSPS) is 27.7. The van der Waals surface area contributed by atoms with E-state index in [1.54, 1.807) is 13.2 Å². The Hall–Kier alpha value is -2.18. The zero-order valence-electron chi connectivity index (χ0n) is 16.0. The monoisotopic (exact) mass is 369 g/mol. The smallest absolute Gasteiger partial charge is 0.266 e. The average molecular weight is 369 g/mol. The van der Waals surface area contributed by atoms with Crippen LogP contribution in [0.2, 0.25) is 0 Å². The molecule has 144 valence electrons. The number of rotatable bonds is 5. The zero-order chi connectivity index (χ0) is 19.0. The van der Waals surface area contributed by atoms with Gasteiger partial charge in [-0.1, -0.05) is 18.2 Å². The highest BCUT2D eigenvalue weighted by Crippen LogP contribution is 2.42. The van der Waals surface area contributed by atoms with E-state index >= 15 is 0 Å². The molecule has 2 aliphatic heterocycles. The summed E-state index contributed by atoms with van der Waals surface area (Å²) in [7, 11) is 1.70. The topological polar surface area (TPSA) is 67.6 Å². The van der Waals surface area contributed by atoms with E-state index in [2.05, 4.69) is 16.1 Å². The summed E-state index contributed by atoms with van der Waals surface area (Å²) in [4.78, 5) is 14.6. The van der Waals surface area contributed by atoms with Crippen molar-refractivity contribution in [2.24, 2.45) is 0 Å². The molecule has 2 aliphatic rings. The molecule has 2 aromatic rings. The highest BCUT2D eigenvalue weighted by molar-refractivity contribution is 5.33. The van der Waals surface area contributed by atoms with E-state index in [0.29, 0.717) is 24.9 Å². The van der Waals surface area contributed by atoms with Gasteiger partial charge in [-0.2, -0.15) is 5.10 Å². The van der Waals surface area contributed by atoms with Crippen LogP contribution in [-0.4, -0.2) is 44.6 Å². The van der Waals surface area contributed by atoms with Gasteiger partial charge in [0.1, 0.15) is 5.75 Å². The summed E-state index contributed by atoms with van der Waals surface area (Å²) in [5.74, 6) is 0.910. The van der Waals surface area contributed by atoms with E-state index in [9.17, 15) is 9.90 Å². The van der Waals surface area contributed by atoms with Gasteiger partial charge in [0.05, 0.1) is 24.9 Å². The molecule has 0 spiro atoms. The van der Waals surface area contributed by atoms with Crippen molar-refractivity contribution >= 4 is 0 Å². The Morgan fingerprint density at radius 3 is 2.59 bits per heavy atom. The van der Waals surface area contributed by atoms with Crippen molar-refractivity contribution in [3.05, 3.63) is 58.0 Å². The first kappa shape index (κ1) is 18.2. The molecule has 27 heavy (non-hydrogen) atoms. The number of hydrogen-bond acceptors (Lipinski definition) is 5. The summed E-state index contributed by atoms with van der Waals surface area (Å²) in [5.41, 5.74) is 0.930. The first-order valence-corrected chi connectivity index (χ1v) is 9.62. The number of ether oxygens (including phenoxy) is 1. The Bertz CT molecular complexity index is 865. The van der Waals surface area contributed by atoms with Gasteiger partial charge in [-0.25, -0.2) is 4.68 Å².